The van der Waals surface area contributed by atoms with Crippen molar-refractivity contribution >= 4 is 15.7 Å². The minimum atomic E-state index is -3.60. The molecule has 0 bridgehead atoms. The zero-order valence-corrected chi connectivity index (χ0v) is 12.9. The van der Waals surface area contributed by atoms with Crippen molar-refractivity contribution in [1.82, 2.24) is 4.72 Å². The molecule has 1 aromatic carbocycles. The first-order valence-corrected chi connectivity index (χ1v) is 8.56. The molecule has 0 unspecified atom stereocenters. The second kappa shape index (κ2) is 6.31. The van der Waals surface area contributed by atoms with Crippen LogP contribution in [0.2, 0.25) is 0 Å². The van der Waals surface area contributed by atoms with E-state index in [0.29, 0.717) is 12.1 Å². The smallest absolute Gasteiger partial charge is 0.242 e. The number of anilines is 1. The first kappa shape index (κ1) is 16.2. The summed E-state index contributed by atoms with van der Waals surface area (Å²) in [4.78, 5) is 0.136. The summed E-state index contributed by atoms with van der Waals surface area (Å²) < 4.78 is 27.4. The lowest BCUT2D eigenvalue weighted by Crippen LogP contribution is -2.45. The molecule has 0 amide bonds. The summed E-state index contributed by atoms with van der Waals surface area (Å²) >= 11 is 0. The molecule has 21 heavy (non-hydrogen) atoms. The van der Waals surface area contributed by atoms with Crippen LogP contribution in [0.1, 0.15) is 26.2 Å². The maximum Gasteiger partial charge on any atom is 0.242 e. The molecule has 118 valence electrons. The summed E-state index contributed by atoms with van der Waals surface area (Å²) in [6.07, 6.45) is 2.19. The summed E-state index contributed by atoms with van der Waals surface area (Å²) in [5.74, 6) is 0. The fourth-order valence-electron chi connectivity index (χ4n) is 2.02. The van der Waals surface area contributed by atoms with Gasteiger partial charge in [-0.25, -0.2) is 13.1 Å². The predicted molar refractivity (Wildman–Crippen MR) is 80.6 cm³/mol. The standard InChI is InChI=1S/C14H22N2O4S/c1-2-14(9-17,10-18)15-12-5-3-4-6-13(12)21(19,20)16-11-7-8-11/h3-6,11,15-18H,2,7-10H2,1H3. The van der Waals surface area contributed by atoms with E-state index < -0.39 is 15.6 Å². The van der Waals surface area contributed by atoms with Crippen LogP contribution in [0.5, 0.6) is 0 Å². The Morgan fingerprint density at radius 3 is 2.38 bits per heavy atom. The third-order valence-corrected chi connectivity index (χ3v) is 5.34. The SMILES string of the molecule is CCC(CO)(CO)Nc1ccccc1S(=O)(=O)NC1CC1. The molecule has 0 radical (unpaired) electrons. The number of nitrogens with one attached hydrogen (secondary N) is 2. The van der Waals surface area contributed by atoms with Gasteiger partial charge in [0.2, 0.25) is 10.0 Å². The van der Waals surface area contributed by atoms with E-state index >= 15 is 0 Å². The average Bonchev–Trinajstić information content (AvgIpc) is 3.28. The minimum absolute atomic E-state index is 0.0228. The Balaban J connectivity index is 2.32. The number of benzene rings is 1. The van der Waals surface area contributed by atoms with E-state index in [2.05, 4.69) is 10.0 Å². The second-order valence-electron chi connectivity index (χ2n) is 5.47. The van der Waals surface area contributed by atoms with E-state index in [1.54, 1.807) is 18.2 Å². The fraction of sp³-hybridized carbons (Fsp3) is 0.571. The number of aliphatic hydroxyl groups excluding tert-OH is 2. The first-order valence-electron chi connectivity index (χ1n) is 7.07. The molecular weight excluding hydrogens is 292 g/mol. The number of rotatable bonds is 8. The Morgan fingerprint density at radius 1 is 1.24 bits per heavy atom. The number of aliphatic hydroxyl groups is 2. The molecule has 4 N–H and O–H groups in total. The fourth-order valence-corrected chi connectivity index (χ4v) is 3.48. The molecule has 1 aliphatic rings. The Bertz CT molecular complexity index is 572. The predicted octanol–water partition coefficient (Wildman–Crippen LogP) is 0.673. The normalized spacial score (nSPS) is 16.0. The first-order chi connectivity index (χ1) is 9.96. The Hall–Kier alpha value is -1.15. The second-order valence-corrected chi connectivity index (χ2v) is 7.15. The quantitative estimate of drug-likeness (QED) is 0.565. The van der Waals surface area contributed by atoms with Crippen molar-refractivity contribution in [3.05, 3.63) is 24.3 Å². The van der Waals surface area contributed by atoms with Gasteiger partial charge in [0.05, 0.1) is 24.4 Å². The summed E-state index contributed by atoms with van der Waals surface area (Å²) in [6.45, 7) is 1.24. The molecule has 1 aliphatic carbocycles. The van der Waals surface area contributed by atoms with E-state index in [0.717, 1.165) is 12.8 Å². The summed E-state index contributed by atoms with van der Waals surface area (Å²) in [6, 6.07) is 6.54. The molecule has 0 aromatic heterocycles. The average molecular weight is 314 g/mol. The lowest BCUT2D eigenvalue weighted by Gasteiger charge is -2.31. The Kier molecular flexibility index (Phi) is 4.88. The molecule has 0 atom stereocenters. The van der Waals surface area contributed by atoms with Crippen LogP contribution in [0.4, 0.5) is 5.69 Å². The van der Waals surface area contributed by atoms with Gasteiger partial charge in [0, 0.05) is 6.04 Å². The molecular formula is C14H22N2O4S. The highest BCUT2D eigenvalue weighted by atomic mass is 32.2. The highest BCUT2D eigenvalue weighted by Crippen LogP contribution is 2.28. The van der Waals surface area contributed by atoms with Crippen LogP contribution in [0.25, 0.3) is 0 Å². The van der Waals surface area contributed by atoms with Crippen molar-refractivity contribution in [2.45, 2.75) is 42.7 Å². The van der Waals surface area contributed by atoms with Crippen LogP contribution in [-0.2, 0) is 10.0 Å². The van der Waals surface area contributed by atoms with Crippen LogP contribution in [0, 0.1) is 0 Å². The van der Waals surface area contributed by atoms with Gasteiger partial charge in [-0.1, -0.05) is 19.1 Å². The summed E-state index contributed by atoms with van der Waals surface area (Å²) in [5.41, 5.74) is -0.554. The number of para-hydroxylation sites is 1. The lowest BCUT2D eigenvalue weighted by molar-refractivity contribution is 0.132. The van der Waals surface area contributed by atoms with Gasteiger partial charge >= 0.3 is 0 Å². The minimum Gasteiger partial charge on any atom is -0.394 e. The maximum atomic E-state index is 12.4. The van der Waals surface area contributed by atoms with E-state index in [4.69, 9.17) is 0 Å². The van der Waals surface area contributed by atoms with Crippen molar-refractivity contribution in [2.24, 2.45) is 0 Å². The van der Waals surface area contributed by atoms with Crippen molar-refractivity contribution in [3.8, 4) is 0 Å². The third kappa shape index (κ3) is 3.74. The van der Waals surface area contributed by atoms with Crippen LogP contribution >= 0.6 is 0 Å². The molecule has 0 spiro atoms. The monoisotopic (exact) mass is 314 g/mol. The summed E-state index contributed by atoms with van der Waals surface area (Å²) in [7, 11) is -3.60. The van der Waals surface area contributed by atoms with Gasteiger partial charge in [-0.2, -0.15) is 0 Å². The molecule has 0 saturated heterocycles. The summed E-state index contributed by atoms with van der Waals surface area (Å²) in [5, 5.41) is 22.0. The van der Waals surface area contributed by atoms with E-state index in [9.17, 15) is 18.6 Å². The molecule has 6 nitrogen and oxygen atoms in total. The van der Waals surface area contributed by atoms with Gasteiger partial charge < -0.3 is 15.5 Å². The maximum absolute atomic E-state index is 12.4. The van der Waals surface area contributed by atoms with Crippen molar-refractivity contribution in [2.75, 3.05) is 18.5 Å². The van der Waals surface area contributed by atoms with E-state index in [1.807, 2.05) is 6.92 Å². The van der Waals surface area contributed by atoms with Gasteiger partial charge in [0.25, 0.3) is 0 Å². The van der Waals surface area contributed by atoms with E-state index in [1.165, 1.54) is 6.07 Å². The molecule has 7 heteroatoms. The number of hydrogen-bond donors (Lipinski definition) is 4. The van der Waals surface area contributed by atoms with Crippen LogP contribution in [-0.4, -0.2) is 43.4 Å². The van der Waals surface area contributed by atoms with Crippen LogP contribution in [0.3, 0.4) is 0 Å². The number of sulfonamides is 1. The highest BCUT2D eigenvalue weighted by Gasteiger charge is 2.32. The van der Waals surface area contributed by atoms with Crippen LogP contribution in [0.15, 0.2) is 29.2 Å². The van der Waals surface area contributed by atoms with Crippen molar-refractivity contribution in [3.63, 3.8) is 0 Å². The van der Waals surface area contributed by atoms with Gasteiger partial charge in [0.15, 0.2) is 0 Å². The van der Waals surface area contributed by atoms with Crippen LogP contribution < -0.4 is 10.0 Å². The largest absolute Gasteiger partial charge is 0.394 e. The van der Waals surface area contributed by atoms with Crippen molar-refractivity contribution in [1.29, 1.82) is 0 Å². The van der Waals surface area contributed by atoms with Gasteiger partial charge in [-0.05, 0) is 31.4 Å². The van der Waals surface area contributed by atoms with Gasteiger partial charge in [-0.3, -0.25) is 0 Å². The van der Waals surface area contributed by atoms with Gasteiger partial charge in [0.1, 0.15) is 4.90 Å². The molecule has 1 aromatic rings. The topological polar surface area (TPSA) is 98.7 Å². The zero-order chi connectivity index (χ0) is 15.5. The molecule has 2 rings (SSSR count). The highest BCUT2D eigenvalue weighted by molar-refractivity contribution is 7.89. The zero-order valence-electron chi connectivity index (χ0n) is 12.0. The molecule has 1 saturated carbocycles. The number of hydrogen-bond acceptors (Lipinski definition) is 5. The van der Waals surface area contributed by atoms with Crippen molar-refractivity contribution < 1.29 is 18.6 Å². The molecule has 1 fully saturated rings. The Morgan fingerprint density at radius 2 is 1.86 bits per heavy atom. The molecule has 0 heterocycles. The lowest BCUT2D eigenvalue weighted by atomic mass is 9.98. The van der Waals surface area contributed by atoms with Gasteiger partial charge in [-0.15, -0.1) is 0 Å². The Labute approximate surface area is 125 Å². The third-order valence-electron chi connectivity index (χ3n) is 3.76. The van der Waals surface area contributed by atoms with E-state index in [-0.39, 0.29) is 24.2 Å². The molecule has 0 aliphatic heterocycles.